The number of benzene rings is 2. The van der Waals surface area contributed by atoms with Crippen LogP contribution in [0.4, 0.5) is 34.8 Å². The third-order valence-electron chi connectivity index (χ3n) is 3.41. The van der Waals surface area contributed by atoms with Crippen molar-refractivity contribution in [3.05, 3.63) is 83.6 Å². The number of hydrogen-bond acceptors (Lipinski definition) is 3. The number of anilines is 3. The van der Waals surface area contributed by atoms with Crippen molar-refractivity contribution in [1.82, 2.24) is 4.98 Å². The summed E-state index contributed by atoms with van der Waals surface area (Å²) in [6.07, 6.45) is 1.27. The van der Waals surface area contributed by atoms with E-state index < -0.39 is 29.2 Å². The second-order valence-corrected chi connectivity index (χ2v) is 5.24. The standard InChI is InChI=1S/C18H11F4N3O/c19-11-3-1-2-10(8-11)18(26)25-15-7-4-12(9-23-15)24-14-6-5-13(20)16(21)17(14)22/h1-9,24H,(H,23,25,26). The summed E-state index contributed by atoms with van der Waals surface area (Å²) in [6, 6.07) is 9.85. The molecule has 0 aliphatic heterocycles. The molecule has 0 aliphatic carbocycles. The zero-order valence-electron chi connectivity index (χ0n) is 13.1. The maximum absolute atomic E-state index is 13.6. The van der Waals surface area contributed by atoms with Crippen molar-refractivity contribution in [2.24, 2.45) is 0 Å². The molecule has 0 saturated heterocycles. The predicted molar refractivity (Wildman–Crippen MR) is 88.2 cm³/mol. The molecule has 3 aromatic rings. The van der Waals surface area contributed by atoms with Gasteiger partial charge in [-0.1, -0.05) is 6.07 Å². The van der Waals surface area contributed by atoms with E-state index in [0.717, 1.165) is 18.2 Å². The second-order valence-electron chi connectivity index (χ2n) is 5.24. The Balaban J connectivity index is 1.71. The molecule has 3 rings (SSSR count). The van der Waals surface area contributed by atoms with E-state index in [9.17, 15) is 22.4 Å². The summed E-state index contributed by atoms with van der Waals surface area (Å²) in [7, 11) is 0. The zero-order chi connectivity index (χ0) is 18.7. The molecule has 0 atom stereocenters. The van der Waals surface area contributed by atoms with E-state index in [2.05, 4.69) is 15.6 Å². The highest BCUT2D eigenvalue weighted by Crippen LogP contribution is 2.23. The maximum Gasteiger partial charge on any atom is 0.256 e. The minimum atomic E-state index is -1.58. The lowest BCUT2D eigenvalue weighted by Crippen LogP contribution is -2.13. The molecule has 132 valence electrons. The number of nitrogens with zero attached hydrogens (tertiary/aromatic N) is 1. The average Bonchev–Trinajstić information content (AvgIpc) is 2.64. The van der Waals surface area contributed by atoms with Gasteiger partial charge in [0.25, 0.3) is 5.91 Å². The van der Waals surface area contributed by atoms with Crippen LogP contribution in [-0.2, 0) is 0 Å². The molecule has 0 aliphatic rings. The van der Waals surface area contributed by atoms with Crippen LogP contribution in [0.1, 0.15) is 10.4 Å². The van der Waals surface area contributed by atoms with E-state index in [1.807, 2.05) is 0 Å². The Morgan fingerprint density at radius 2 is 1.73 bits per heavy atom. The molecular weight excluding hydrogens is 350 g/mol. The molecule has 0 bridgehead atoms. The predicted octanol–water partition coefficient (Wildman–Crippen LogP) is 4.63. The minimum absolute atomic E-state index is 0.123. The van der Waals surface area contributed by atoms with Gasteiger partial charge in [-0.2, -0.15) is 0 Å². The Morgan fingerprint density at radius 3 is 2.42 bits per heavy atom. The van der Waals surface area contributed by atoms with Gasteiger partial charge in [0.1, 0.15) is 11.6 Å². The Kier molecular flexibility index (Phi) is 4.83. The first-order valence-electron chi connectivity index (χ1n) is 7.37. The third-order valence-corrected chi connectivity index (χ3v) is 3.41. The molecule has 1 heterocycles. The van der Waals surface area contributed by atoms with Crippen LogP contribution in [-0.4, -0.2) is 10.9 Å². The molecule has 1 amide bonds. The van der Waals surface area contributed by atoms with Crippen LogP contribution in [0, 0.1) is 23.3 Å². The fraction of sp³-hybridized carbons (Fsp3) is 0. The molecule has 0 fully saturated rings. The number of carbonyl (C=O) groups is 1. The summed E-state index contributed by atoms with van der Waals surface area (Å²) in [6.45, 7) is 0. The van der Waals surface area contributed by atoms with Gasteiger partial charge in [0.15, 0.2) is 17.5 Å². The van der Waals surface area contributed by atoms with Crippen molar-refractivity contribution >= 4 is 23.1 Å². The first-order chi connectivity index (χ1) is 12.4. The molecule has 26 heavy (non-hydrogen) atoms. The first kappa shape index (κ1) is 17.4. The van der Waals surface area contributed by atoms with Crippen molar-refractivity contribution < 1.29 is 22.4 Å². The molecular formula is C18H11F4N3O. The van der Waals surface area contributed by atoms with Gasteiger partial charge in [0, 0.05) is 5.56 Å². The smallest absolute Gasteiger partial charge is 0.256 e. The number of amides is 1. The quantitative estimate of drug-likeness (QED) is 0.526. The lowest BCUT2D eigenvalue weighted by molar-refractivity contribution is 0.102. The van der Waals surface area contributed by atoms with Crippen LogP contribution in [0.25, 0.3) is 0 Å². The topological polar surface area (TPSA) is 54.0 Å². The van der Waals surface area contributed by atoms with E-state index >= 15 is 0 Å². The molecule has 2 aromatic carbocycles. The third kappa shape index (κ3) is 3.80. The van der Waals surface area contributed by atoms with Crippen LogP contribution in [0.2, 0.25) is 0 Å². The van der Waals surface area contributed by atoms with Crippen LogP contribution in [0.3, 0.4) is 0 Å². The number of hydrogen-bond donors (Lipinski definition) is 2. The number of rotatable bonds is 4. The zero-order valence-corrected chi connectivity index (χ0v) is 13.1. The number of carbonyl (C=O) groups excluding carboxylic acids is 1. The fourth-order valence-corrected chi connectivity index (χ4v) is 2.14. The average molecular weight is 361 g/mol. The summed E-state index contributed by atoms with van der Waals surface area (Å²) < 4.78 is 52.9. The van der Waals surface area contributed by atoms with E-state index in [-0.39, 0.29) is 17.1 Å². The minimum Gasteiger partial charge on any atom is -0.352 e. The van der Waals surface area contributed by atoms with Crippen molar-refractivity contribution in [3.8, 4) is 0 Å². The van der Waals surface area contributed by atoms with Crippen molar-refractivity contribution in [1.29, 1.82) is 0 Å². The van der Waals surface area contributed by atoms with Gasteiger partial charge in [-0.05, 0) is 42.5 Å². The molecule has 4 nitrogen and oxygen atoms in total. The highest BCUT2D eigenvalue weighted by molar-refractivity contribution is 6.03. The lowest BCUT2D eigenvalue weighted by atomic mass is 10.2. The summed E-state index contributed by atoms with van der Waals surface area (Å²) in [4.78, 5) is 16.0. The van der Waals surface area contributed by atoms with Crippen LogP contribution in [0.5, 0.6) is 0 Å². The Hall–Kier alpha value is -3.42. The Labute approximate surface area is 145 Å². The van der Waals surface area contributed by atoms with Crippen LogP contribution < -0.4 is 10.6 Å². The number of pyridine rings is 1. The Bertz CT molecular complexity index is 961. The van der Waals surface area contributed by atoms with E-state index in [0.29, 0.717) is 5.69 Å². The van der Waals surface area contributed by atoms with Gasteiger partial charge < -0.3 is 10.6 Å². The van der Waals surface area contributed by atoms with E-state index in [4.69, 9.17) is 0 Å². The number of halogens is 4. The summed E-state index contributed by atoms with van der Waals surface area (Å²) in [5.41, 5.74) is 0.152. The summed E-state index contributed by atoms with van der Waals surface area (Å²) >= 11 is 0. The van der Waals surface area contributed by atoms with Gasteiger partial charge in [-0.25, -0.2) is 22.5 Å². The number of nitrogens with one attached hydrogen (secondary N) is 2. The van der Waals surface area contributed by atoms with Crippen LogP contribution >= 0.6 is 0 Å². The molecule has 0 radical (unpaired) electrons. The molecule has 2 N–H and O–H groups in total. The monoisotopic (exact) mass is 361 g/mol. The van der Waals surface area contributed by atoms with Gasteiger partial charge in [-0.3, -0.25) is 4.79 Å². The molecule has 0 unspecified atom stereocenters. The highest BCUT2D eigenvalue weighted by atomic mass is 19.2. The fourth-order valence-electron chi connectivity index (χ4n) is 2.14. The van der Waals surface area contributed by atoms with Gasteiger partial charge in [0.05, 0.1) is 17.6 Å². The molecule has 0 saturated carbocycles. The second kappa shape index (κ2) is 7.22. The van der Waals surface area contributed by atoms with Crippen molar-refractivity contribution in [2.45, 2.75) is 0 Å². The molecule has 8 heteroatoms. The molecule has 0 spiro atoms. The maximum atomic E-state index is 13.6. The highest BCUT2D eigenvalue weighted by Gasteiger charge is 2.13. The lowest BCUT2D eigenvalue weighted by Gasteiger charge is -2.09. The summed E-state index contributed by atoms with van der Waals surface area (Å²) in [5, 5.41) is 5.03. The number of aromatic nitrogens is 1. The van der Waals surface area contributed by atoms with Crippen LogP contribution in [0.15, 0.2) is 54.7 Å². The SMILES string of the molecule is O=C(Nc1ccc(Nc2ccc(F)c(F)c2F)cn1)c1cccc(F)c1. The normalized spacial score (nSPS) is 10.5. The first-order valence-corrected chi connectivity index (χ1v) is 7.37. The van der Waals surface area contributed by atoms with Crippen molar-refractivity contribution in [3.63, 3.8) is 0 Å². The molecule has 1 aromatic heterocycles. The van der Waals surface area contributed by atoms with E-state index in [1.165, 1.54) is 36.5 Å². The van der Waals surface area contributed by atoms with Gasteiger partial charge in [0.2, 0.25) is 0 Å². The van der Waals surface area contributed by atoms with Crippen molar-refractivity contribution in [2.75, 3.05) is 10.6 Å². The summed E-state index contributed by atoms with van der Waals surface area (Å²) in [5.74, 6) is -5.14. The largest absolute Gasteiger partial charge is 0.352 e. The Morgan fingerprint density at radius 1 is 0.923 bits per heavy atom. The van der Waals surface area contributed by atoms with E-state index in [1.54, 1.807) is 0 Å². The van der Waals surface area contributed by atoms with Gasteiger partial charge in [-0.15, -0.1) is 0 Å². The van der Waals surface area contributed by atoms with Gasteiger partial charge >= 0.3 is 0 Å².